The fourth-order valence-electron chi connectivity index (χ4n) is 3.15. The summed E-state index contributed by atoms with van der Waals surface area (Å²) < 4.78 is 0. The Labute approximate surface area is 156 Å². The largest absolute Gasteiger partial charge is 0.345 e. The number of aromatic amines is 1. The molecular formula is C21H16Cl2N2. The Hall–Kier alpha value is -2.29. The number of hydrogen-bond acceptors (Lipinski definition) is 1. The van der Waals surface area contributed by atoms with Crippen LogP contribution >= 0.6 is 23.2 Å². The van der Waals surface area contributed by atoms with Crippen LogP contribution in [0.4, 0.5) is 0 Å². The molecule has 0 radical (unpaired) electrons. The van der Waals surface area contributed by atoms with Crippen molar-refractivity contribution < 1.29 is 0 Å². The van der Waals surface area contributed by atoms with E-state index in [0.717, 1.165) is 28.3 Å². The molecule has 1 N–H and O–H groups in total. The molecule has 1 aromatic heterocycles. The van der Waals surface area contributed by atoms with E-state index in [4.69, 9.17) is 28.2 Å². The molecule has 0 aliphatic heterocycles. The van der Waals surface area contributed by atoms with Crippen molar-refractivity contribution in [2.45, 2.75) is 13.3 Å². The molecule has 0 spiro atoms. The zero-order valence-corrected chi connectivity index (χ0v) is 15.2. The topological polar surface area (TPSA) is 28.7 Å². The SMILES string of the molecule is Cc1[nH]c(Cc2ccc(Cl)cc2Cl)nc1-c1cccc2ccccc12. The van der Waals surface area contributed by atoms with Gasteiger partial charge in [0.2, 0.25) is 0 Å². The third-order valence-corrected chi connectivity index (χ3v) is 4.94. The van der Waals surface area contributed by atoms with Gasteiger partial charge >= 0.3 is 0 Å². The highest BCUT2D eigenvalue weighted by atomic mass is 35.5. The fraction of sp³-hybridized carbons (Fsp3) is 0.0952. The van der Waals surface area contributed by atoms with Crippen molar-refractivity contribution in [3.63, 3.8) is 0 Å². The number of nitrogens with one attached hydrogen (secondary N) is 1. The Bertz CT molecular complexity index is 1060. The first-order chi connectivity index (χ1) is 12.1. The molecule has 4 aromatic rings. The van der Waals surface area contributed by atoms with Crippen LogP contribution < -0.4 is 0 Å². The molecule has 0 aliphatic rings. The first-order valence-corrected chi connectivity index (χ1v) is 8.85. The van der Waals surface area contributed by atoms with E-state index in [0.29, 0.717) is 16.5 Å². The molecule has 0 atom stereocenters. The number of nitrogens with zero attached hydrogens (tertiary/aromatic N) is 1. The minimum Gasteiger partial charge on any atom is -0.345 e. The van der Waals surface area contributed by atoms with Gasteiger partial charge in [-0.3, -0.25) is 0 Å². The number of halogens is 2. The molecular weight excluding hydrogens is 351 g/mol. The number of imidazole rings is 1. The Morgan fingerprint density at radius 1 is 0.960 bits per heavy atom. The lowest BCUT2D eigenvalue weighted by atomic mass is 10.0. The summed E-state index contributed by atoms with van der Waals surface area (Å²) in [6.07, 6.45) is 0.640. The third-order valence-electron chi connectivity index (χ3n) is 4.35. The van der Waals surface area contributed by atoms with Crippen molar-refractivity contribution in [3.05, 3.63) is 87.8 Å². The number of aryl methyl sites for hydroxylation is 1. The molecule has 0 aliphatic carbocycles. The maximum absolute atomic E-state index is 6.30. The van der Waals surface area contributed by atoms with E-state index in [1.165, 1.54) is 10.8 Å². The quantitative estimate of drug-likeness (QED) is 0.444. The van der Waals surface area contributed by atoms with Crippen LogP contribution in [0.3, 0.4) is 0 Å². The van der Waals surface area contributed by atoms with Gasteiger partial charge in [0.15, 0.2) is 0 Å². The van der Waals surface area contributed by atoms with E-state index >= 15 is 0 Å². The summed E-state index contributed by atoms with van der Waals surface area (Å²) in [4.78, 5) is 8.24. The molecule has 124 valence electrons. The van der Waals surface area contributed by atoms with Crippen LogP contribution in [-0.4, -0.2) is 9.97 Å². The van der Waals surface area contributed by atoms with E-state index < -0.39 is 0 Å². The zero-order valence-electron chi connectivity index (χ0n) is 13.7. The van der Waals surface area contributed by atoms with Gasteiger partial charge in [-0.05, 0) is 35.4 Å². The maximum Gasteiger partial charge on any atom is 0.111 e. The minimum atomic E-state index is 0.640. The van der Waals surface area contributed by atoms with Crippen molar-refractivity contribution in [3.8, 4) is 11.3 Å². The molecule has 25 heavy (non-hydrogen) atoms. The molecule has 0 amide bonds. The molecule has 0 bridgehead atoms. The van der Waals surface area contributed by atoms with Crippen LogP contribution in [0.25, 0.3) is 22.0 Å². The molecule has 4 rings (SSSR count). The summed E-state index contributed by atoms with van der Waals surface area (Å²) in [5.41, 5.74) is 4.18. The molecule has 0 saturated carbocycles. The van der Waals surface area contributed by atoms with Crippen molar-refractivity contribution >= 4 is 34.0 Å². The van der Waals surface area contributed by atoms with Gasteiger partial charge in [-0.25, -0.2) is 4.98 Å². The van der Waals surface area contributed by atoms with Crippen LogP contribution in [0.5, 0.6) is 0 Å². The monoisotopic (exact) mass is 366 g/mol. The summed E-state index contributed by atoms with van der Waals surface area (Å²) in [5.74, 6) is 0.893. The average molecular weight is 367 g/mol. The van der Waals surface area contributed by atoms with E-state index in [1.54, 1.807) is 6.07 Å². The van der Waals surface area contributed by atoms with Gasteiger partial charge in [0.25, 0.3) is 0 Å². The van der Waals surface area contributed by atoms with E-state index in [-0.39, 0.29) is 0 Å². The second-order valence-corrected chi connectivity index (χ2v) is 6.94. The first kappa shape index (κ1) is 16.2. The molecule has 0 saturated heterocycles. The number of H-pyrrole nitrogens is 1. The number of hydrogen-bond donors (Lipinski definition) is 1. The number of rotatable bonds is 3. The number of fused-ring (bicyclic) bond motifs is 1. The van der Waals surface area contributed by atoms with E-state index in [2.05, 4.69) is 54.4 Å². The van der Waals surface area contributed by atoms with Gasteiger partial charge in [-0.15, -0.1) is 0 Å². The average Bonchev–Trinajstić information content (AvgIpc) is 2.97. The van der Waals surface area contributed by atoms with Gasteiger partial charge in [-0.2, -0.15) is 0 Å². The van der Waals surface area contributed by atoms with Crippen LogP contribution in [0.15, 0.2) is 60.7 Å². The minimum absolute atomic E-state index is 0.640. The Morgan fingerprint density at radius 3 is 2.60 bits per heavy atom. The van der Waals surface area contributed by atoms with Crippen LogP contribution in [0, 0.1) is 6.92 Å². The van der Waals surface area contributed by atoms with Crippen molar-refractivity contribution in [2.75, 3.05) is 0 Å². The summed E-state index contributed by atoms with van der Waals surface area (Å²) in [6.45, 7) is 2.05. The van der Waals surface area contributed by atoms with Crippen LogP contribution in [0.1, 0.15) is 17.1 Å². The molecule has 3 aromatic carbocycles. The van der Waals surface area contributed by atoms with E-state index in [1.807, 2.05) is 12.1 Å². The lowest BCUT2D eigenvalue weighted by Crippen LogP contribution is -1.92. The summed E-state index contributed by atoms with van der Waals surface area (Å²) >= 11 is 12.3. The highest BCUT2D eigenvalue weighted by Gasteiger charge is 2.13. The highest BCUT2D eigenvalue weighted by Crippen LogP contribution is 2.30. The molecule has 4 heteroatoms. The van der Waals surface area contributed by atoms with E-state index in [9.17, 15) is 0 Å². The van der Waals surface area contributed by atoms with Crippen LogP contribution in [0.2, 0.25) is 10.0 Å². The van der Waals surface area contributed by atoms with Gasteiger partial charge < -0.3 is 4.98 Å². The molecule has 0 fully saturated rings. The first-order valence-electron chi connectivity index (χ1n) is 8.09. The Balaban J connectivity index is 1.75. The predicted octanol–water partition coefficient (Wildman–Crippen LogP) is 6.44. The lowest BCUT2D eigenvalue weighted by molar-refractivity contribution is 1.02. The van der Waals surface area contributed by atoms with Crippen molar-refractivity contribution in [1.29, 1.82) is 0 Å². The Morgan fingerprint density at radius 2 is 1.76 bits per heavy atom. The summed E-state index contributed by atoms with van der Waals surface area (Å²) in [7, 11) is 0. The Kier molecular flexibility index (Phi) is 4.24. The van der Waals surface area contributed by atoms with Gasteiger partial charge in [0.05, 0.1) is 5.69 Å². The smallest absolute Gasteiger partial charge is 0.111 e. The van der Waals surface area contributed by atoms with Crippen molar-refractivity contribution in [1.82, 2.24) is 9.97 Å². The highest BCUT2D eigenvalue weighted by molar-refractivity contribution is 6.35. The van der Waals surface area contributed by atoms with Crippen LogP contribution in [-0.2, 0) is 6.42 Å². The molecule has 1 heterocycles. The standard InChI is InChI=1S/C21H16Cl2N2/c1-13-21(18-8-4-6-14-5-2-3-7-17(14)18)25-20(24-13)11-15-9-10-16(22)12-19(15)23/h2-10,12H,11H2,1H3,(H,24,25). The lowest BCUT2D eigenvalue weighted by Gasteiger charge is -2.05. The molecule has 0 unspecified atom stereocenters. The second kappa shape index (κ2) is 6.55. The van der Waals surface area contributed by atoms with Gasteiger partial charge in [-0.1, -0.05) is 71.7 Å². The van der Waals surface area contributed by atoms with Gasteiger partial charge in [0.1, 0.15) is 5.82 Å². The normalized spacial score (nSPS) is 11.2. The second-order valence-electron chi connectivity index (χ2n) is 6.10. The zero-order chi connectivity index (χ0) is 17.4. The maximum atomic E-state index is 6.30. The number of benzene rings is 3. The van der Waals surface area contributed by atoms with Crippen molar-refractivity contribution in [2.24, 2.45) is 0 Å². The number of aromatic nitrogens is 2. The third kappa shape index (κ3) is 3.15. The molecule has 2 nitrogen and oxygen atoms in total. The summed E-state index contributed by atoms with van der Waals surface area (Å²) in [6, 6.07) is 20.2. The summed E-state index contributed by atoms with van der Waals surface area (Å²) in [5, 5.41) is 3.72. The van der Waals surface area contributed by atoms with Gasteiger partial charge in [0, 0.05) is 27.7 Å². The predicted molar refractivity (Wildman–Crippen MR) is 106 cm³/mol. The fourth-order valence-corrected chi connectivity index (χ4v) is 3.62.